The van der Waals surface area contributed by atoms with Gasteiger partial charge in [0.25, 0.3) is 0 Å². The van der Waals surface area contributed by atoms with Gasteiger partial charge in [-0.3, -0.25) is 0 Å². The van der Waals surface area contributed by atoms with E-state index in [0.29, 0.717) is 24.0 Å². The number of aryl methyl sites for hydroxylation is 1. The van der Waals surface area contributed by atoms with E-state index in [1.165, 1.54) is 5.56 Å². The first-order valence-corrected chi connectivity index (χ1v) is 10.0. The van der Waals surface area contributed by atoms with E-state index >= 15 is 0 Å². The quantitative estimate of drug-likeness (QED) is 0.796. The topological polar surface area (TPSA) is 46.6 Å². The van der Waals surface area contributed by atoms with Crippen molar-refractivity contribution in [2.45, 2.75) is 63.3 Å². The van der Waals surface area contributed by atoms with Crippen LogP contribution in [0.4, 0.5) is 0 Å². The molecule has 0 unspecified atom stereocenters. The molecule has 0 aliphatic carbocycles. The second-order valence-corrected chi connectivity index (χ2v) is 8.60. The normalized spacial score (nSPS) is 17.1. The number of ether oxygens (including phenoxy) is 1. The molecule has 5 heteroatoms. The zero-order valence-electron chi connectivity index (χ0n) is 14.7. The molecule has 1 fully saturated rings. The van der Waals surface area contributed by atoms with E-state index in [0.717, 1.165) is 31.2 Å². The molecule has 0 atom stereocenters. The van der Waals surface area contributed by atoms with Gasteiger partial charge >= 0.3 is 0 Å². The Hall–Kier alpha value is -0.910. The molecule has 1 aromatic carbocycles. The van der Waals surface area contributed by atoms with Crippen LogP contribution in [0.1, 0.15) is 57.1 Å². The largest absolute Gasteiger partial charge is 0.381 e. The molecule has 1 aliphatic heterocycles. The summed E-state index contributed by atoms with van der Waals surface area (Å²) in [5.74, 6) is 0.399. The van der Waals surface area contributed by atoms with Crippen molar-refractivity contribution in [1.82, 2.24) is 4.31 Å². The van der Waals surface area contributed by atoms with E-state index < -0.39 is 10.0 Å². The minimum atomic E-state index is -3.46. The van der Waals surface area contributed by atoms with Crippen molar-refractivity contribution in [3.8, 4) is 0 Å². The number of benzene rings is 1. The molecule has 0 radical (unpaired) electrons. The summed E-state index contributed by atoms with van der Waals surface area (Å²) >= 11 is 0. The van der Waals surface area contributed by atoms with Gasteiger partial charge in [-0.25, -0.2) is 8.42 Å². The highest BCUT2D eigenvalue weighted by atomic mass is 32.2. The summed E-state index contributed by atoms with van der Waals surface area (Å²) in [5, 5.41) is 0. The maximum absolute atomic E-state index is 13.1. The van der Waals surface area contributed by atoms with E-state index in [9.17, 15) is 8.42 Å². The first-order valence-electron chi connectivity index (χ1n) is 8.56. The summed E-state index contributed by atoms with van der Waals surface area (Å²) in [6.45, 7) is 7.62. The Morgan fingerprint density at radius 1 is 1.26 bits per heavy atom. The van der Waals surface area contributed by atoms with Gasteiger partial charge in [0, 0.05) is 26.3 Å². The lowest BCUT2D eigenvalue weighted by molar-refractivity contribution is 0.0632. The van der Waals surface area contributed by atoms with Gasteiger partial charge in [0.2, 0.25) is 10.0 Å². The van der Waals surface area contributed by atoms with Gasteiger partial charge in [-0.1, -0.05) is 39.3 Å². The summed E-state index contributed by atoms with van der Waals surface area (Å²) in [5.41, 5.74) is 2.14. The fraction of sp³-hybridized carbons (Fsp3) is 0.667. The van der Waals surface area contributed by atoms with Crippen LogP contribution in [0.2, 0.25) is 0 Å². The standard InChI is InChI=1S/C18H29NO3S/c1-5-6-16-13-15(14(2)3)7-8-18(16)23(20,21)19(4)17-9-11-22-12-10-17/h7-8,13-14,17H,5-6,9-12H2,1-4H3. The summed E-state index contributed by atoms with van der Waals surface area (Å²) in [6.07, 6.45) is 3.26. The zero-order valence-corrected chi connectivity index (χ0v) is 15.5. The molecule has 0 saturated carbocycles. The van der Waals surface area contributed by atoms with Crippen LogP contribution in [-0.2, 0) is 21.2 Å². The first-order chi connectivity index (χ1) is 10.9. The van der Waals surface area contributed by atoms with E-state index in [2.05, 4.69) is 26.8 Å². The lowest BCUT2D eigenvalue weighted by Crippen LogP contribution is -2.40. The number of hydrogen-bond donors (Lipinski definition) is 0. The van der Waals surface area contributed by atoms with Gasteiger partial charge in [-0.15, -0.1) is 0 Å². The van der Waals surface area contributed by atoms with Crippen molar-refractivity contribution in [2.24, 2.45) is 0 Å². The Morgan fingerprint density at radius 3 is 2.48 bits per heavy atom. The number of sulfonamides is 1. The van der Waals surface area contributed by atoms with Crippen molar-refractivity contribution in [1.29, 1.82) is 0 Å². The van der Waals surface area contributed by atoms with Crippen molar-refractivity contribution in [2.75, 3.05) is 20.3 Å². The molecule has 0 spiro atoms. The smallest absolute Gasteiger partial charge is 0.243 e. The fourth-order valence-corrected chi connectivity index (χ4v) is 4.72. The van der Waals surface area contributed by atoms with Gasteiger partial charge in [0.1, 0.15) is 0 Å². The monoisotopic (exact) mass is 339 g/mol. The molecule has 0 bridgehead atoms. The van der Waals surface area contributed by atoms with Gasteiger partial charge in [0.15, 0.2) is 0 Å². The van der Waals surface area contributed by atoms with Crippen molar-refractivity contribution < 1.29 is 13.2 Å². The SMILES string of the molecule is CCCc1cc(C(C)C)ccc1S(=O)(=O)N(C)C1CCOCC1. The third-order valence-electron chi connectivity index (χ3n) is 4.63. The lowest BCUT2D eigenvalue weighted by atomic mass is 9.99. The Morgan fingerprint density at radius 2 is 1.91 bits per heavy atom. The molecule has 1 heterocycles. The molecule has 1 aromatic rings. The van der Waals surface area contributed by atoms with Crippen molar-refractivity contribution in [3.05, 3.63) is 29.3 Å². The molecule has 4 nitrogen and oxygen atoms in total. The molecule has 1 saturated heterocycles. The van der Waals surface area contributed by atoms with Crippen LogP contribution in [0.3, 0.4) is 0 Å². The molecule has 1 aliphatic rings. The van der Waals surface area contributed by atoms with Crippen molar-refractivity contribution >= 4 is 10.0 Å². The van der Waals surface area contributed by atoms with E-state index in [1.807, 2.05) is 6.07 Å². The Bertz CT molecular complexity index is 619. The van der Waals surface area contributed by atoms with Crippen LogP contribution >= 0.6 is 0 Å². The summed E-state index contributed by atoms with van der Waals surface area (Å²) < 4.78 is 33.1. The molecule has 0 aromatic heterocycles. The Balaban J connectivity index is 2.37. The maximum Gasteiger partial charge on any atom is 0.243 e. The summed E-state index contributed by atoms with van der Waals surface area (Å²) in [6, 6.07) is 5.85. The third kappa shape index (κ3) is 4.14. The van der Waals surface area contributed by atoms with Gasteiger partial charge < -0.3 is 4.74 Å². The molecule has 130 valence electrons. The molecular weight excluding hydrogens is 310 g/mol. The van der Waals surface area contributed by atoms with Crippen LogP contribution in [0.15, 0.2) is 23.1 Å². The molecular formula is C18H29NO3S. The average Bonchev–Trinajstić information content (AvgIpc) is 2.55. The minimum Gasteiger partial charge on any atom is -0.381 e. The van der Waals surface area contributed by atoms with Crippen molar-refractivity contribution in [3.63, 3.8) is 0 Å². The first kappa shape index (κ1) is 18.4. The third-order valence-corrected chi connectivity index (χ3v) is 6.64. The van der Waals surface area contributed by atoms with Gasteiger partial charge in [0.05, 0.1) is 4.90 Å². The second kappa shape index (κ2) is 7.77. The summed E-state index contributed by atoms with van der Waals surface area (Å²) in [7, 11) is -1.75. The maximum atomic E-state index is 13.1. The number of hydrogen-bond acceptors (Lipinski definition) is 3. The zero-order chi connectivity index (χ0) is 17.0. The highest BCUT2D eigenvalue weighted by molar-refractivity contribution is 7.89. The second-order valence-electron chi connectivity index (χ2n) is 6.64. The van der Waals surface area contributed by atoms with Crippen LogP contribution in [-0.4, -0.2) is 39.0 Å². The van der Waals surface area contributed by atoms with E-state index in [1.54, 1.807) is 17.4 Å². The number of rotatable bonds is 6. The van der Waals surface area contributed by atoms with Crippen LogP contribution in [0, 0.1) is 0 Å². The average molecular weight is 340 g/mol. The minimum absolute atomic E-state index is 0.0352. The van der Waals surface area contributed by atoms with Gasteiger partial charge in [-0.2, -0.15) is 4.31 Å². The number of nitrogens with zero attached hydrogens (tertiary/aromatic N) is 1. The summed E-state index contributed by atoms with van der Waals surface area (Å²) in [4.78, 5) is 0.470. The van der Waals surface area contributed by atoms with E-state index in [-0.39, 0.29) is 6.04 Å². The van der Waals surface area contributed by atoms with Crippen LogP contribution in [0.25, 0.3) is 0 Å². The van der Waals surface area contributed by atoms with Gasteiger partial charge in [-0.05, 0) is 42.4 Å². The molecule has 23 heavy (non-hydrogen) atoms. The predicted octanol–water partition coefficient (Wildman–Crippen LogP) is 3.56. The Labute approximate surface area is 140 Å². The highest BCUT2D eigenvalue weighted by Crippen LogP contribution is 2.28. The van der Waals surface area contributed by atoms with Crippen LogP contribution < -0.4 is 0 Å². The molecule has 0 amide bonds. The predicted molar refractivity (Wildman–Crippen MR) is 93.3 cm³/mol. The van der Waals surface area contributed by atoms with Crippen LogP contribution in [0.5, 0.6) is 0 Å². The lowest BCUT2D eigenvalue weighted by Gasteiger charge is -2.31. The fourth-order valence-electron chi connectivity index (χ4n) is 3.07. The molecule has 0 N–H and O–H groups in total. The Kier molecular flexibility index (Phi) is 6.23. The van der Waals surface area contributed by atoms with E-state index in [4.69, 9.17) is 4.74 Å². The molecule has 2 rings (SSSR count). The highest BCUT2D eigenvalue weighted by Gasteiger charge is 2.30.